The Kier molecular flexibility index (Phi) is 6.42. The zero-order valence-electron chi connectivity index (χ0n) is 14.1. The van der Waals surface area contributed by atoms with Gasteiger partial charge >= 0.3 is 0 Å². The lowest BCUT2D eigenvalue weighted by Gasteiger charge is -2.10. The zero-order valence-corrected chi connectivity index (χ0v) is 14.1. The SMILES string of the molecule is O=C(COC1CCOC1)NCc1ccc(OCc2ccccc2)cc1. The summed E-state index contributed by atoms with van der Waals surface area (Å²) in [6.45, 7) is 2.39. The summed E-state index contributed by atoms with van der Waals surface area (Å²) in [5, 5.41) is 2.85. The number of hydrogen-bond acceptors (Lipinski definition) is 4. The molecule has 25 heavy (non-hydrogen) atoms. The number of benzene rings is 2. The van der Waals surface area contributed by atoms with Crippen LogP contribution in [0.25, 0.3) is 0 Å². The van der Waals surface area contributed by atoms with E-state index in [0.717, 1.165) is 23.3 Å². The minimum Gasteiger partial charge on any atom is -0.489 e. The van der Waals surface area contributed by atoms with Gasteiger partial charge in [-0.25, -0.2) is 0 Å². The summed E-state index contributed by atoms with van der Waals surface area (Å²) >= 11 is 0. The first-order valence-electron chi connectivity index (χ1n) is 8.51. The predicted octanol–water partition coefficient (Wildman–Crippen LogP) is 2.69. The van der Waals surface area contributed by atoms with E-state index >= 15 is 0 Å². The average Bonchev–Trinajstić information content (AvgIpc) is 3.18. The van der Waals surface area contributed by atoms with Gasteiger partial charge in [-0.3, -0.25) is 4.79 Å². The third-order valence-corrected chi connectivity index (χ3v) is 4.00. The van der Waals surface area contributed by atoms with E-state index in [9.17, 15) is 4.79 Å². The number of ether oxygens (including phenoxy) is 3. The lowest BCUT2D eigenvalue weighted by molar-refractivity contribution is -0.127. The van der Waals surface area contributed by atoms with Crippen LogP contribution in [-0.4, -0.2) is 31.8 Å². The molecule has 132 valence electrons. The van der Waals surface area contributed by atoms with Gasteiger partial charge in [-0.2, -0.15) is 0 Å². The Morgan fingerprint density at radius 1 is 1.08 bits per heavy atom. The molecule has 5 nitrogen and oxygen atoms in total. The van der Waals surface area contributed by atoms with E-state index in [1.807, 2.05) is 54.6 Å². The van der Waals surface area contributed by atoms with Crippen LogP contribution in [0.15, 0.2) is 54.6 Å². The molecule has 0 aromatic heterocycles. The molecular weight excluding hydrogens is 318 g/mol. The molecule has 1 aliphatic rings. The van der Waals surface area contributed by atoms with Crippen LogP contribution in [0.4, 0.5) is 0 Å². The molecule has 0 saturated carbocycles. The lowest BCUT2D eigenvalue weighted by atomic mass is 10.2. The first-order valence-corrected chi connectivity index (χ1v) is 8.51. The molecular formula is C20H23NO4. The summed E-state index contributed by atoms with van der Waals surface area (Å²) < 4.78 is 16.4. The van der Waals surface area contributed by atoms with Crippen LogP contribution in [0.1, 0.15) is 17.5 Å². The topological polar surface area (TPSA) is 56.8 Å². The molecule has 1 aliphatic heterocycles. The highest BCUT2D eigenvalue weighted by molar-refractivity contribution is 5.77. The maximum atomic E-state index is 11.8. The van der Waals surface area contributed by atoms with Gasteiger partial charge in [-0.05, 0) is 29.7 Å². The second-order valence-electron chi connectivity index (χ2n) is 5.99. The van der Waals surface area contributed by atoms with Crippen LogP contribution in [0.5, 0.6) is 5.75 Å². The molecule has 0 bridgehead atoms. The number of hydrogen-bond donors (Lipinski definition) is 1. The van der Waals surface area contributed by atoms with Crippen molar-refractivity contribution in [1.29, 1.82) is 0 Å². The third kappa shape index (κ3) is 5.89. The van der Waals surface area contributed by atoms with Crippen molar-refractivity contribution in [1.82, 2.24) is 5.32 Å². The van der Waals surface area contributed by atoms with Gasteiger partial charge in [0.2, 0.25) is 5.91 Å². The summed E-state index contributed by atoms with van der Waals surface area (Å²) in [7, 11) is 0. The van der Waals surface area contributed by atoms with Gasteiger partial charge < -0.3 is 19.5 Å². The third-order valence-electron chi connectivity index (χ3n) is 4.00. The van der Waals surface area contributed by atoms with Crippen molar-refractivity contribution < 1.29 is 19.0 Å². The van der Waals surface area contributed by atoms with Gasteiger partial charge in [0, 0.05) is 13.2 Å². The van der Waals surface area contributed by atoms with E-state index in [-0.39, 0.29) is 18.6 Å². The summed E-state index contributed by atoms with van der Waals surface area (Å²) in [4.78, 5) is 11.8. The Balaban J connectivity index is 1.37. The summed E-state index contributed by atoms with van der Waals surface area (Å²) in [6, 6.07) is 17.8. The van der Waals surface area contributed by atoms with E-state index in [1.54, 1.807) is 0 Å². The van der Waals surface area contributed by atoms with E-state index in [1.165, 1.54) is 0 Å². The van der Waals surface area contributed by atoms with Crippen molar-refractivity contribution in [3.8, 4) is 5.75 Å². The molecule has 1 amide bonds. The molecule has 1 atom stereocenters. The molecule has 0 aliphatic carbocycles. The van der Waals surface area contributed by atoms with Crippen molar-refractivity contribution in [3.63, 3.8) is 0 Å². The van der Waals surface area contributed by atoms with Gasteiger partial charge in [-0.1, -0.05) is 42.5 Å². The van der Waals surface area contributed by atoms with Crippen molar-refractivity contribution in [2.45, 2.75) is 25.7 Å². The van der Waals surface area contributed by atoms with Gasteiger partial charge in [0.15, 0.2) is 0 Å². The Bertz CT molecular complexity index is 651. The maximum absolute atomic E-state index is 11.8. The van der Waals surface area contributed by atoms with Crippen LogP contribution in [-0.2, 0) is 27.4 Å². The largest absolute Gasteiger partial charge is 0.489 e. The summed E-state index contributed by atoms with van der Waals surface area (Å²) in [5.74, 6) is 0.694. The van der Waals surface area contributed by atoms with Gasteiger partial charge in [-0.15, -0.1) is 0 Å². The fraction of sp³-hybridized carbons (Fsp3) is 0.350. The molecule has 1 N–H and O–H groups in total. The highest BCUT2D eigenvalue weighted by atomic mass is 16.5. The molecule has 5 heteroatoms. The highest BCUT2D eigenvalue weighted by Crippen LogP contribution is 2.14. The van der Waals surface area contributed by atoms with Crippen molar-refractivity contribution in [2.75, 3.05) is 19.8 Å². The average molecular weight is 341 g/mol. The molecule has 2 aromatic carbocycles. The maximum Gasteiger partial charge on any atom is 0.246 e. The Morgan fingerprint density at radius 3 is 2.60 bits per heavy atom. The number of nitrogens with one attached hydrogen (secondary N) is 1. The molecule has 1 saturated heterocycles. The van der Waals surface area contributed by atoms with Crippen molar-refractivity contribution in [2.24, 2.45) is 0 Å². The zero-order chi connectivity index (χ0) is 17.3. The minimum atomic E-state index is -0.115. The van der Waals surface area contributed by atoms with Crippen LogP contribution in [0.2, 0.25) is 0 Å². The molecule has 1 unspecified atom stereocenters. The fourth-order valence-corrected chi connectivity index (χ4v) is 2.53. The quantitative estimate of drug-likeness (QED) is 0.802. The minimum absolute atomic E-state index is 0.0480. The molecule has 2 aromatic rings. The first kappa shape index (κ1) is 17.5. The second-order valence-corrected chi connectivity index (χ2v) is 5.99. The van der Waals surface area contributed by atoms with Crippen LogP contribution in [0.3, 0.4) is 0 Å². The molecule has 0 spiro atoms. The number of carbonyl (C=O) groups is 1. The Labute approximate surface area is 147 Å². The number of rotatable bonds is 8. The standard InChI is InChI=1S/C20H23NO4/c22-20(15-25-19-10-11-23-14-19)21-12-16-6-8-18(9-7-16)24-13-17-4-2-1-3-5-17/h1-9,19H,10-15H2,(H,21,22). The molecule has 1 heterocycles. The Morgan fingerprint density at radius 2 is 1.88 bits per heavy atom. The second kappa shape index (κ2) is 9.20. The van der Waals surface area contributed by atoms with E-state index in [4.69, 9.17) is 14.2 Å². The summed E-state index contributed by atoms with van der Waals surface area (Å²) in [6.07, 6.45) is 0.907. The summed E-state index contributed by atoms with van der Waals surface area (Å²) in [5.41, 5.74) is 2.15. The van der Waals surface area contributed by atoms with E-state index in [0.29, 0.717) is 26.4 Å². The smallest absolute Gasteiger partial charge is 0.246 e. The first-order chi connectivity index (χ1) is 12.3. The van der Waals surface area contributed by atoms with Crippen molar-refractivity contribution in [3.05, 3.63) is 65.7 Å². The number of carbonyl (C=O) groups excluding carboxylic acids is 1. The van der Waals surface area contributed by atoms with Crippen LogP contribution < -0.4 is 10.1 Å². The normalized spacial score (nSPS) is 16.6. The number of amides is 1. The van der Waals surface area contributed by atoms with Gasteiger partial charge in [0.25, 0.3) is 0 Å². The van der Waals surface area contributed by atoms with Crippen molar-refractivity contribution >= 4 is 5.91 Å². The Hall–Kier alpha value is -2.37. The monoisotopic (exact) mass is 341 g/mol. The molecule has 3 rings (SSSR count). The van der Waals surface area contributed by atoms with Crippen LogP contribution >= 0.6 is 0 Å². The predicted molar refractivity (Wildman–Crippen MR) is 94.2 cm³/mol. The molecule has 1 fully saturated rings. The van der Waals surface area contributed by atoms with Gasteiger partial charge in [0.05, 0.1) is 12.7 Å². The highest BCUT2D eigenvalue weighted by Gasteiger charge is 2.17. The molecule has 0 radical (unpaired) electrons. The fourth-order valence-electron chi connectivity index (χ4n) is 2.53. The van der Waals surface area contributed by atoms with Crippen LogP contribution in [0, 0.1) is 0 Å². The van der Waals surface area contributed by atoms with E-state index < -0.39 is 0 Å². The van der Waals surface area contributed by atoms with E-state index in [2.05, 4.69) is 5.32 Å². The van der Waals surface area contributed by atoms with Gasteiger partial charge in [0.1, 0.15) is 19.0 Å². The lowest BCUT2D eigenvalue weighted by Crippen LogP contribution is -2.29.